The minimum absolute atomic E-state index is 0.0568. The van der Waals surface area contributed by atoms with E-state index in [9.17, 15) is 16.8 Å². The van der Waals surface area contributed by atoms with Gasteiger partial charge >= 0.3 is 0 Å². The molecule has 0 radical (unpaired) electrons. The summed E-state index contributed by atoms with van der Waals surface area (Å²) in [5.74, 6) is -0.0604. The third-order valence-corrected chi connectivity index (χ3v) is 5.71. The van der Waals surface area contributed by atoms with Crippen LogP contribution in [0.2, 0.25) is 0 Å². The maximum Gasteiger partial charge on any atom is 0.240 e. The first-order chi connectivity index (χ1) is 9.03. The van der Waals surface area contributed by atoms with E-state index < -0.39 is 19.9 Å². The van der Waals surface area contributed by atoms with Crippen LogP contribution in [0.3, 0.4) is 0 Å². The van der Waals surface area contributed by atoms with Crippen molar-refractivity contribution >= 4 is 41.5 Å². The molecule has 9 heteroatoms. The van der Waals surface area contributed by atoms with Crippen molar-refractivity contribution < 1.29 is 16.8 Å². The van der Waals surface area contributed by atoms with Crippen molar-refractivity contribution in [1.29, 1.82) is 0 Å². The van der Waals surface area contributed by atoms with Crippen LogP contribution in [-0.2, 0) is 19.9 Å². The highest BCUT2D eigenvalue weighted by Crippen LogP contribution is 2.26. The molecule has 0 unspecified atom stereocenters. The number of anilines is 1. The van der Waals surface area contributed by atoms with Crippen LogP contribution in [0, 0.1) is 6.92 Å². The normalized spacial score (nSPS) is 12.6. The standard InChI is InChI=1S/C11H17BrN2O4S2/c1-8-10(13)6-9(12)7-11(8)20(17,18)14-4-3-5-19(2,15)16/h6-7,14H,3-5,13H2,1-2H3. The quantitative estimate of drug-likeness (QED) is 0.563. The third kappa shape index (κ3) is 5.04. The van der Waals surface area contributed by atoms with Crippen LogP contribution in [0.5, 0.6) is 0 Å². The summed E-state index contributed by atoms with van der Waals surface area (Å²) in [6.45, 7) is 1.67. The van der Waals surface area contributed by atoms with Crippen LogP contribution in [-0.4, -0.2) is 35.4 Å². The second kappa shape index (κ2) is 6.42. The van der Waals surface area contributed by atoms with Gasteiger partial charge in [-0.15, -0.1) is 0 Å². The van der Waals surface area contributed by atoms with Crippen molar-refractivity contribution in [3.63, 3.8) is 0 Å². The van der Waals surface area contributed by atoms with Gasteiger partial charge in [0.05, 0.1) is 10.6 Å². The van der Waals surface area contributed by atoms with E-state index >= 15 is 0 Å². The molecule has 114 valence electrons. The minimum Gasteiger partial charge on any atom is -0.398 e. The smallest absolute Gasteiger partial charge is 0.240 e. The summed E-state index contributed by atoms with van der Waals surface area (Å²) in [6.07, 6.45) is 1.33. The molecular formula is C11H17BrN2O4S2. The Labute approximate surface area is 127 Å². The van der Waals surface area contributed by atoms with E-state index in [4.69, 9.17) is 5.73 Å². The van der Waals surface area contributed by atoms with Crippen LogP contribution >= 0.6 is 15.9 Å². The van der Waals surface area contributed by atoms with Gasteiger partial charge in [0.15, 0.2) is 0 Å². The molecule has 0 bridgehead atoms. The molecule has 0 aromatic heterocycles. The highest BCUT2D eigenvalue weighted by atomic mass is 79.9. The monoisotopic (exact) mass is 384 g/mol. The van der Waals surface area contributed by atoms with E-state index in [-0.39, 0.29) is 23.6 Å². The van der Waals surface area contributed by atoms with Gasteiger partial charge in [-0.2, -0.15) is 0 Å². The third-order valence-electron chi connectivity index (χ3n) is 2.64. The zero-order valence-corrected chi connectivity index (χ0v) is 14.4. The summed E-state index contributed by atoms with van der Waals surface area (Å²) in [4.78, 5) is 0.0868. The van der Waals surface area contributed by atoms with Crippen molar-refractivity contribution in [2.24, 2.45) is 0 Å². The number of nitrogen functional groups attached to an aromatic ring is 1. The van der Waals surface area contributed by atoms with E-state index in [1.807, 2.05) is 0 Å². The first kappa shape index (κ1) is 17.4. The number of sulfonamides is 1. The molecule has 3 N–H and O–H groups in total. The van der Waals surface area contributed by atoms with Crippen molar-refractivity contribution in [3.8, 4) is 0 Å². The molecule has 0 aliphatic carbocycles. The number of hydrogen-bond acceptors (Lipinski definition) is 5. The average molecular weight is 385 g/mol. The Kier molecular flexibility index (Phi) is 5.59. The second-order valence-corrected chi connectivity index (χ2v) is 9.41. The number of benzene rings is 1. The molecule has 1 rings (SSSR count). The topological polar surface area (TPSA) is 106 Å². The van der Waals surface area contributed by atoms with Gasteiger partial charge in [0.25, 0.3) is 0 Å². The minimum atomic E-state index is -3.71. The summed E-state index contributed by atoms with van der Waals surface area (Å²) < 4.78 is 49.2. The van der Waals surface area contributed by atoms with Crippen molar-refractivity contribution in [3.05, 3.63) is 22.2 Å². The Bertz CT molecular complexity index is 699. The molecule has 0 saturated carbocycles. The van der Waals surface area contributed by atoms with E-state index in [1.165, 1.54) is 6.07 Å². The number of sulfone groups is 1. The average Bonchev–Trinajstić information content (AvgIpc) is 2.28. The first-order valence-corrected chi connectivity index (χ1v) is 10.1. The van der Waals surface area contributed by atoms with Crippen molar-refractivity contribution in [2.45, 2.75) is 18.2 Å². The van der Waals surface area contributed by atoms with E-state index in [0.29, 0.717) is 15.7 Å². The molecule has 1 aromatic rings. The summed E-state index contributed by atoms with van der Waals surface area (Å²) in [5, 5.41) is 0. The van der Waals surface area contributed by atoms with Gasteiger partial charge in [-0.1, -0.05) is 15.9 Å². The van der Waals surface area contributed by atoms with Gasteiger partial charge in [0.2, 0.25) is 10.0 Å². The van der Waals surface area contributed by atoms with Gasteiger partial charge in [-0.05, 0) is 31.0 Å². The van der Waals surface area contributed by atoms with E-state index in [0.717, 1.165) is 6.26 Å². The number of nitrogens with two attached hydrogens (primary N) is 1. The highest BCUT2D eigenvalue weighted by molar-refractivity contribution is 9.10. The number of halogens is 1. The zero-order valence-electron chi connectivity index (χ0n) is 11.2. The fourth-order valence-electron chi connectivity index (χ4n) is 1.57. The van der Waals surface area contributed by atoms with Crippen LogP contribution < -0.4 is 10.5 Å². The molecule has 0 amide bonds. The van der Waals surface area contributed by atoms with Gasteiger partial charge in [-0.3, -0.25) is 0 Å². The molecule has 0 saturated heterocycles. The molecule has 0 spiro atoms. The zero-order chi connectivity index (χ0) is 15.6. The lowest BCUT2D eigenvalue weighted by molar-refractivity contribution is 0.577. The van der Waals surface area contributed by atoms with E-state index in [1.54, 1.807) is 13.0 Å². The molecular weight excluding hydrogens is 368 g/mol. The van der Waals surface area contributed by atoms with Crippen molar-refractivity contribution in [1.82, 2.24) is 4.72 Å². The summed E-state index contributed by atoms with van der Waals surface area (Å²) >= 11 is 3.20. The van der Waals surface area contributed by atoms with Gasteiger partial charge in [0.1, 0.15) is 9.84 Å². The van der Waals surface area contributed by atoms with Crippen LogP contribution in [0.4, 0.5) is 5.69 Å². The van der Waals surface area contributed by atoms with Gasteiger partial charge < -0.3 is 5.73 Å². The number of hydrogen-bond donors (Lipinski definition) is 2. The molecule has 0 atom stereocenters. The van der Waals surface area contributed by atoms with Crippen LogP contribution in [0.25, 0.3) is 0 Å². The Morgan fingerprint density at radius 1 is 1.25 bits per heavy atom. The summed E-state index contributed by atoms with van der Waals surface area (Å²) in [5.41, 5.74) is 6.56. The molecule has 0 heterocycles. The SMILES string of the molecule is Cc1c(N)cc(Br)cc1S(=O)(=O)NCCCS(C)(=O)=O. The summed E-state index contributed by atoms with van der Waals surface area (Å²) in [6, 6.07) is 3.09. The van der Waals surface area contributed by atoms with Crippen LogP contribution in [0.15, 0.2) is 21.5 Å². The predicted molar refractivity (Wildman–Crippen MR) is 82.8 cm³/mol. The lowest BCUT2D eigenvalue weighted by Gasteiger charge is -2.11. The molecule has 0 aliphatic rings. The Hall–Kier alpha value is -0.640. The maximum absolute atomic E-state index is 12.1. The Morgan fingerprint density at radius 3 is 2.40 bits per heavy atom. The summed E-state index contributed by atoms with van der Waals surface area (Å²) in [7, 11) is -6.80. The second-order valence-electron chi connectivity index (χ2n) is 4.50. The Balaban J connectivity index is 2.85. The van der Waals surface area contributed by atoms with E-state index in [2.05, 4.69) is 20.7 Å². The lowest BCUT2D eigenvalue weighted by atomic mass is 10.2. The maximum atomic E-state index is 12.1. The molecule has 6 nitrogen and oxygen atoms in total. The van der Waals surface area contributed by atoms with Crippen molar-refractivity contribution in [2.75, 3.05) is 24.3 Å². The Morgan fingerprint density at radius 2 is 1.85 bits per heavy atom. The largest absolute Gasteiger partial charge is 0.398 e. The molecule has 20 heavy (non-hydrogen) atoms. The number of nitrogens with one attached hydrogen (secondary N) is 1. The first-order valence-electron chi connectivity index (χ1n) is 5.76. The number of rotatable bonds is 6. The fraction of sp³-hybridized carbons (Fsp3) is 0.455. The highest BCUT2D eigenvalue weighted by Gasteiger charge is 2.18. The van der Waals surface area contributed by atoms with Gasteiger partial charge in [-0.25, -0.2) is 21.6 Å². The molecule has 1 aromatic carbocycles. The predicted octanol–water partition coefficient (Wildman–Crippen LogP) is 1.05. The van der Waals surface area contributed by atoms with Gasteiger partial charge in [0, 0.05) is 23.0 Å². The van der Waals surface area contributed by atoms with Crippen LogP contribution in [0.1, 0.15) is 12.0 Å². The fourth-order valence-corrected chi connectivity index (χ4v) is 4.24. The lowest BCUT2D eigenvalue weighted by Crippen LogP contribution is -2.27. The molecule has 0 fully saturated rings. The molecule has 0 aliphatic heterocycles.